The van der Waals surface area contributed by atoms with Gasteiger partial charge in [0.25, 0.3) is 0 Å². The summed E-state index contributed by atoms with van der Waals surface area (Å²) in [4.78, 5) is 11.3. The minimum absolute atomic E-state index is 0.153. The number of nitrogens with zero attached hydrogens (tertiary/aromatic N) is 1. The fourth-order valence-corrected chi connectivity index (χ4v) is 1.37. The van der Waals surface area contributed by atoms with Gasteiger partial charge in [-0.25, -0.2) is 0 Å². The first kappa shape index (κ1) is 13.0. The lowest BCUT2D eigenvalue weighted by Crippen LogP contribution is -2.14. The van der Waals surface area contributed by atoms with Gasteiger partial charge in [0, 0.05) is 5.69 Å². The van der Waals surface area contributed by atoms with Gasteiger partial charge in [0.15, 0.2) is 0 Å². The molecule has 0 aliphatic heterocycles. The molecule has 1 N–H and O–H groups in total. The van der Waals surface area contributed by atoms with Gasteiger partial charge >= 0.3 is 0 Å². The van der Waals surface area contributed by atoms with Crippen molar-refractivity contribution in [1.82, 2.24) is 0 Å². The summed E-state index contributed by atoms with van der Waals surface area (Å²) in [5.74, 6) is -0.153. The van der Waals surface area contributed by atoms with Crippen LogP contribution in [0.5, 0.6) is 0 Å². The highest BCUT2D eigenvalue weighted by Crippen LogP contribution is 2.23. The molecule has 3 nitrogen and oxygen atoms in total. The van der Waals surface area contributed by atoms with Crippen LogP contribution in [0.1, 0.15) is 26.3 Å². The van der Waals surface area contributed by atoms with Crippen LogP contribution < -0.4 is 5.32 Å². The average molecular weight is 228 g/mol. The second-order valence-electron chi connectivity index (χ2n) is 4.30. The number of nitrogens with one attached hydrogen (secondary N) is 1. The smallest absolute Gasteiger partial charge is 0.248 e. The maximum Gasteiger partial charge on any atom is 0.248 e. The highest BCUT2D eigenvalue weighted by molar-refractivity contribution is 5.99. The van der Waals surface area contributed by atoms with E-state index in [1.54, 1.807) is 25.1 Å². The quantitative estimate of drug-likeness (QED) is 0.808. The molecule has 1 aromatic rings. The molecule has 0 aliphatic rings. The van der Waals surface area contributed by atoms with Crippen LogP contribution in [-0.2, 0) is 10.2 Å². The van der Waals surface area contributed by atoms with Crippen molar-refractivity contribution < 1.29 is 4.79 Å². The number of rotatable bonds is 3. The Balaban J connectivity index is 2.83. The van der Waals surface area contributed by atoms with Gasteiger partial charge < -0.3 is 5.32 Å². The van der Waals surface area contributed by atoms with E-state index in [1.807, 2.05) is 26.0 Å². The zero-order valence-corrected chi connectivity index (χ0v) is 10.3. The van der Waals surface area contributed by atoms with Gasteiger partial charge in [-0.1, -0.05) is 18.2 Å². The first-order valence-electron chi connectivity index (χ1n) is 5.45. The van der Waals surface area contributed by atoms with E-state index < -0.39 is 5.41 Å². The van der Waals surface area contributed by atoms with Gasteiger partial charge in [0.2, 0.25) is 5.91 Å². The van der Waals surface area contributed by atoms with Gasteiger partial charge in [-0.2, -0.15) is 5.26 Å². The molecular formula is C14H16N2O. The lowest BCUT2D eigenvalue weighted by atomic mass is 9.86. The van der Waals surface area contributed by atoms with Crippen molar-refractivity contribution in [3.05, 3.63) is 42.0 Å². The molecule has 0 atom stereocenters. The molecule has 0 heterocycles. The van der Waals surface area contributed by atoms with Crippen molar-refractivity contribution in [2.24, 2.45) is 0 Å². The fourth-order valence-electron chi connectivity index (χ4n) is 1.37. The summed E-state index contributed by atoms with van der Waals surface area (Å²) in [6, 6.07) is 9.55. The molecule has 0 aromatic heterocycles. The number of anilines is 1. The number of allylic oxidation sites excluding steroid dienone is 1. The first-order valence-corrected chi connectivity index (χ1v) is 5.45. The SMILES string of the molecule is CC=CC(=O)Nc1ccc(C(C)(C)C#N)cc1. The lowest BCUT2D eigenvalue weighted by Gasteiger charge is -2.15. The molecule has 0 saturated heterocycles. The first-order chi connectivity index (χ1) is 7.99. The normalized spacial score (nSPS) is 11.2. The standard InChI is InChI=1S/C14H16N2O/c1-4-5-13(17)16-12-8-6-11(7-9-12)14(2,3)10-15/h4-9H,1-3H3,(H,16,17). The maximum atomic E-state index is 11.3. The molecule has 3 heteroatoms. The van der Waals surface area contributed by atoms with Crippen LogP contribution >= 0.6 is 0 Å². The Morgan fingerprint density at radius 2 is 1.94 bits per heavy atom. The molecule has 0 bridgehead atoms. The predicted molar refractivity (Wildman–Crippen MR) is 68.5 cm³/mol. The summed E-state index contributed by atoms with van der Waals surface area (Å²) in [5.41, 5.74) is 1.15. The minimum atomic E-state index is -0.508. The molecule has 1 rings (SSSR count). The van der Waals surface area contributed by atoms with Crippen LogP contribution in [0, 0.1) is 11.3 Å². The molecular weight excluding hydrogens is 212 g/mol. The highest BCUT2D eigenvalue weighted by atomic mass is 16.1. The Hall–Kier alpha value is -2.08. The van der Waals surface area contributed by atoms with Gasteiger partial charge in [0.1, 0.15) is 0 Å². The Morgan fingerprint density at radius 3 is 2.41 bits per heavy atom. The van der Waals surface area contributed by atoms with Crippen molar-refractivity contribution in [3.63, 3.8) is 0 Å². The molecule has 1 aromatic carbocycles. The Labute approximate surface area is 102 Å². The zero-order chi connectivity index (χ0) is 12.9. The number of carbonyl (C=O) groups is 1. The predicted octanol–water partition coefficient (Wildman–Crippen LogP) is 3.00. The maximum absolute atomic E-state index is 11.3. The van der Waals surface area contributed by atoms with Crippen molar-refractivity contribution in [2.45, 2.75) is 26.2 Å². The highest BCUT2D eigenvalue weighted by Gasteiger charge is 2.19. The number of carbonyl (C=O) groups excluding carboxylic acids is 1. The summed E-state index contributed by atoms with van der Waals surface area (Å²) in [6.07, 6.45) is 3.15. The Bertz CT molecular complexity index is 464. The molecule has 17 heavy (non-hydrogen) atoms. The van der Waals surface area contributed by atoms with Crippen LogP contribution in [0.4, 0.5) is 5.69 Å². The number of nitriles is 1. The van der Waals surface area contributed by atoms with E-state index in [4.69, 9.17) is 5.26 Å². The largest absolute Gasteiger partial charge is 0.323 e. The summed E-state index contributed by atoms with van der Waals surface area (Å²) < 4.78 is 0. The Morgan fingerprint density at radius 1 is 1.35 bits per heavy atom. The average Bonchev–Trinajstić information content (AvgIpc) is 2.30. The van der Waals surface area contributed by atoms with E-state index >= 15 is 0 Å². The van der Waals surface area contributed by atoms with Crippen molar-refractivity contribution in [3.8, 4) is 6.07 Å². The van der Waals surface area contributed by atoms with Gasteiger partial charge in [-0.05, 0) is 44.5 Å². The number of amides is 1. The van der Waals surface area contributed by atoms with Crippen LogP contribution in [0.2, 0.25) is 0 Å². The molecule has 0 radical (unpaired) electrons. The van der Waals surface area contributed by atoms with Crippen molar-refractivity contribution in [2.75, 3.05) is 5.32 Å². The molecule has 88 valence electrons. The Kier molecular flexibility index (Phi) is 4.06. The van der Waals surface area contributed by atoms with Gasteiger partial charge in [-0.15, -0.1) is 0 Å². The van der Waals surface area contributed by atoms with Crippen LogP contribution in [0.3, 0.4) is 0 Å². The zero-order valence-electron chi connectivity index (χ0n) is 10.3. The number of benzene rings is 1. The van der Waals surface area contributed by atoms with Crippen LogP contribution in [-0.4, -0.2) is 5.91 Å². The third-order valence-electron chi connectivity index (χ3n) is 2.47. The second kappa shape index (κ2) is 5.31. The third kappa shape index (κ3) is 3.46. The molecule has 0 saturated carbocycles. The van der Waals surface area contributed by atoms with Crippen molar-refractivity contribution >= 4 is 11.6 Å². The molecule has 0 unspecified atom stereocenters. The van der Waals surface area contributed by atoms with E-state index in [1.165, 1.54) is 6.08 Å². The van der Waals surface area contributed by atoms with E-state index in [9.17, 15) is 4.79 Å². The van der Waals surface area contributed by atoms with Crippen LogP contribution in [0.15, 0.2) is 36.4 Å². The lowest BCUT2D eigenvalue weighted by molar-refractivity contribution is -0.111. The number of hydrogen-bond donors (Lipinski definition) is 1. The molecule has 0 spiro atoms. The van der Waals surface area contributed by atoms with Crippen molar-refractivity contribution in [1.29, 1.82) is 5.26 Å². The summed E-state index contributed by atoms with van der Waals surface area (Å²) in [7, 11) is 0. The summed E-state index contributed by atoms with van der Waals surface area (Å²) in [5, 5.41) is 11.7. The fraction of sp³-hybridized carbons (Fsp3) is 0.286. The molecule has 0 fully saturated rings. The van der Waals surface area contributed by atoms with E-state index in [2.05, 4.69) is 11.4 Å². The van der Waals surface area contributed by atoms with E-state index in [0.717, 1.165) is 11.3 Å². The topological polar surface area (TPSA) is 52.9 Å². The number of hydrogen-bond acceptors (Lipinski definition) is 2. The van der Waals surface area contributed by atoms with Gasteiger partial charge in [0.05, 0.1) is 11.5 Å². The van der Waals surface area contributed by atoms with E-state index in [0.29, 0.717) is 0 Å². The monoisotopic (exact) mass is 228 g/mol. The third-order valence-corrected chi connectivity index (χ3v) is 2.47. The summed E-state index contributed by atoms with van der Waals surface area (Å²) in [6.45, 7) is 5.51. The van der Waals surface area contributed by atoms with E-state index in [-0.39, 0.29) is 5.91 Å². The van der Waals surface area contributed by atoms with Gasteiger partial charge in [-0.3, -0.25) is 4.79 Å². The second-order valence-corrected chi connectivity index (χ2v) is 4.30. The van der Waals surface area contributed by atoms with Crippen LogP contribution in [0.25, 0.3) is 0 Å². The molecule has 0 aliphatic carbocycles. The minimum Gasteiger partial charge on any atom is -0.323 e. The summed E-state index contributed by atoms with van der Waals surface area (Å²) >= 11 is 0. The molecule has 1 amide bonds.